The third kappa shape index (κ3) is 3.66. The van der Waals surface area contributed by atoms with Crippen molar-refractivity contribution in [2.24, 2.45) is 5.92 Å². The molecule has 0 saturated heterocycles. The van der Waals surface area contributed by atoms with E-state index in [1.54, 1.807) is 32.0 Å². The zero-order chi connectivity index (χ0) is 12.8. The molecule has 92 valence electrons. The Morgan fingerprint density at radius 2 is 2.06 bits per heavy atom. The van der Waals surface area contributed by atoms with Crippen LogP contribution >= 0.6 is 15.9 Å². The summed E-state index contributed by atoms with van der Waals surface area (Å²) in [5.41, 5.74) is 0.527. The molecule has 0 radical (unpaired) electrons. The maximum absolute atomic E-state index is 12.1. The molecule has 0 fully saturated rings. The molecule has 3 nitrogen and oxygen atoms in total. The van der Waals surface area contributed by atoms with Crippen LogP contribution in [-0.2, 0) is 9.53 Å². The van der Waals surface area contributed by atoms with Crippen LogP contribution in [0.2, 0.25) is 0 Å². The fraction of sp³-hybridized carbons (Fsp3) is 0.385. The fourth-order valence-electron chi connectivity index (χ4n) is 1.54. The summed E-state index contributed by atoms with van der Waals surface area (Å²) in [5.74, 6) is -1.34. The Bertz CT molecular complexity index is 415. The molecular formula is C13H15BrO3. The van der Waals surface area contributed by atoms with Crippen molar-refractivity contribution in [3.63, 3.8) is 0 Å². The van der Waals surface area contributed by atoms with Gasteiger partial charge in [-0.05, 0) is 25.5 Å². The van der Waals surface area contributed by atoms with E-state index in [4.69, 9.17) is 4.74 Å². The van der Waals surface area contributed by atoms with Crippen molar-refractivity contribution in [2.45, 2.75) is 20.3 Å². The average molecular weight is 299 g/mol. The number of hydrogen-bond acceptors (Lipinski definition) is 3. The van der Waals surface area contributed by atoms with Crippen molar-refractivity contribution in [1.29, 1.82) is 0 Å². The first-order chi connectivity index (χ1) is 8.10. The van der Waals surface area contributed by atoms with Gasteiger partial charge in [0.15, 0.2) is 5.78 Å². The highest BCUT2D eigenvalue weighted by Gasteiger charge is 2.26. The van der Waals surface area contributed by atoms with Gasteiger partial charge >= 0.3 is 5.97 Å². The van der Waals surface area contributed by atoms with E-state index in [2.05, 4.69) is 15.9 Å². The summed E-state index contributed by atoms with van der Waals surface area (Å²) in [7, 11) is 0. The molecule has 1 unspecified atom stereocenters. The number of ketones is 1. The highest BCUT2D eigenvalue weighted by molar-refractivity contribution is 9.10. The highest BCUT2D eigenvalue weighted by atomic mass is 79.9. The monoisotopic (exact) mass is 298 g/mol. The van der Waals surface area contributed by atoms with Crippen molar-refractivity contribution in [3.8, 4) is 0 Å². The SMILES string of the molecule is CCOC(=O)C(CC)C(=O)c1cccc(Br)c1. The number of rotatable bonds is 5. The van der Waals surface area contributed by atoms with Gasteiger partial charge in [-0.3, -0.25) is 9.59 Å². The normalized spacial score (nSPS) is 11.9. The summed E-state index contributed by atoms with van der Waals surface area (Å²) in [5, 5.41) is 0. The Labute approximate surface area is 109 Å². The minimum absolute atomic E-state index is 0.188. The molecule has 0 spiro atoms. The zero-order valence-corrected chi connectivity index (χ0v) is 11.5. The summed E-state index contributed by atoms with van der Waals surface area (Å²) >= 11 is 3.30. The Morgan fingerprint density at radius 3 is 2.59 bits per heavy atom. The van der Waals surface area contributed by atoms with Gasteiger partial charge in [-0.1, -0.05) is 35.0 Å². The minimum atomic E-state index is -0.704. The molecule has 0 heterocycles. The summed E-state index contributed by atoms with van der Waals surface area (Å²) in [6.45, 7) is 3.83. The molecule has 0 aliphatic heterocycles. The second-order valence-electron chi connectivity index (χ2n) is 3.59. The lowest BCUT2D eigenvalue weighted by Crippen LogP contribution is -2.25. The lowest BCUT2D eigenvalue weighted by molar-refractivity contribution is -0.146. The van der Waals surface area contributed by atoms with Crippen LogP contribution in [0.4, 0.5) is 0 Å². The number of esters is 1. The van der Waals surface area contributed by atoms with Crippen LogP contribution in [0, 0.1) is 5.92 Å². The van der Waals surface area contributed by atoms with E-state index in [1.165, 1.54) is 0 Å². The van der Waals surface area contributed by atoms with E-state index in [9.17, 15) is 9.59 Å². The molecule has 0 N–H and O–H groups in total. The number of carbonyl (C=O) groups is 2. The third-order valence-electron chi connectivity index (χ3n) is 2.40. The van der Waals surface area contributed by atoms with Gasteiger partial charge in [-0.15, -0.1) is 0 Å². The molecule has 4 heteroatoms. The summed E-state index contributed by atoms with van der Waals surface area (Å²) in [4.78, 5) is 23.7. The van der Waals surface area contributed by atoms with Gasteiger partial charge < -0.3 is 4.74 Å². The van der Waals surface area contributed by atoms with Gasteiger partial charge in [0.1, 0.15) is 5.92 Å². The second kappa shape index (κ2) is 6.55. The molecule has 1 atom stereocenters. The molecule has 0 bridgehead atoms. The number of carbonyl (C=O) groups excluding carboxylic acids is 2. The summed E-state index contributed by atoms with van der Waals surface area (Å²) in [6, 6.07) is 7.02. The highest BCUT2D eigenvalue weighted by Crippen LogP contribution is 2.18. The summed E-state index contributed by atoms with van der Waals surface area (Å²) in [6.07, 6.45) is 0.449. The molecule has 0 amide bonds. The smallest absolute Gasteiger partial charge is 0.316 e. The third-order valence-corrected chi connectivity index (χ3v) is 2.90. The van der Waals surface area contributed by atoms with Crippen molar-refractivity contribution < 1.29 is 14.3 Å². The van der Waals surface area contributed by atoms with Crippen LogP contribution in [0.25, 0.3) is 0 Å². The first-order valence-corrected chi connectivity index (χ1v) is 6.35. The number of Topliss-reactive ketones (excluding diaryl/α,β-unsaturated/α-hetero) is 1. The molecule has 0 aliphatic rings. The number of ether oxygens (including phenoxy) is 1. The molecule has 17 heavy (non-hydrogen) atoms. The molecule has 0 aliphatic carbocycles. The van der Waals surface area contributed by atoms with Crippen LogP contribution in [0.15, 0.2) is 28.7 Å². The van der Waals surface area contributed by atoms with E-state index < -0.39 is 11.9 Å². The van der Waals surface area contributed by atoms with Gasteiger partial charge in [-0.2, -0.15) is 0 Å². The zero-order valence-electron chi connectivity index (χ0n) is 9.90. The van der Waals surface area contributed by atoms with Crippen LogP contribution in [-0.4, -0.2) is 18.4 Å². The van der Waals surface area contributed by atoms with Crippen molar-refractivity contribution >= 4 is 27.7 Å². The first kappa shape index (κ1) is 13.9. The molecule has 1 rings (SSSR count). The molecule has 0 aromatic heterocycles. The van der Waals surface area contributed by atoms with Gasteiger partial charge in [0, 0.05) is 10.0 Å². The topological polar surface area (TPSA) is 43.4 Å². The van der Waals surface area contributed by atoms with E-state index in [0.29, 0.717) is 18.6 Å². The number of hydrogen-bond donors (Lipinski definition) is 0. The lowest BCUT2D eigenvalue weighted by Gasteiger charge is -2.12. The van der Waals surface area contributed by atoms with Crippen LogP contribution in [0.3, 0.4) is 0 Å². The van der Waals surface area contributed by atoms with Crippen LogP contribution in [0.5, 0.6) is 0 Å². The van der Waals surface area contributed by atoms with Gasteiger partial charge in [0.05, 0.1) is 6.61 Å². The minimum Gasteiger partial charge on any atom is -0.465 e. The number of benzene rings is 1. The Hall–Kier alpha value is -1.16. The van der Waals surface area contributed by atoms with Crippen LogP contribution < -0.4 is 0 Å². The van der Waals surface area contributed by atoms with E-state index in [1.807, 2.05) is 6.07 Å². The summed E-state index contributed by atoms with van der Waals surface area (Å²) < 4.78 is 5.72. The number of halogens is 1. The first-order valence-electron chi connectivity index (χ1n) is 5.56. The predicted molar refractivity (Wildman–Crippen MR) is 68.9 cm³/mol. The quantitative estimate of drug-likeness (QED) is 0.476. The molecular weight excluding hydrogens is 284 g/mol. The maximum atomic E-state index is 12.1. The molecule has 0 saturated carbocycles. The Balaban J connectivity index is 2.90. The van der Waals surface area contributed by atoms with Crippen molar-refractivity contribution in [3.05, 3.63) is 34.3 Å². The average Bonchev–Trinajstić information content (AvgIpc) is 2.30. The van der Waals surface area contributed by atoms with Crippen molar-refractivity contribution in [1.82, 2.24) is 0 Å². The molecule has 1 aromatic carbocycles. The van der Waals surface area contributed by atoms with Crippen LogP contribution in [0.1, 0.15) is 30.6 Å². The Kier molecular flexibility index (Phi) is 5.35. The molecule has 1 aromatic rings. The fourth-order valence-corrected chi connectivity index (χ4v) is 1.94. The maximum Gasteiger partial charge on any atom is 0.316 e. The van der Waals surface area contributed by atoms with Gasteiger partial charge in [0.25, 0.3) is 0 Å². The largest absolute Gasteiger partial charge is 0.465 e. The van der Waals surface area contributed by atoms with E-state index >= 15 is 0 Å². The van der Waals surface area contributed by atoms with Gasteiger partial charge in [-0.25, -0.2) is 0 Å². The second-order valence-corrected chi connectivity index (χ2v) is 4.50. The van der Waals surface area contributed by atoms with Gasteiger partial charge in [0.2, 0.25) is 0 Å². The van der Waals surface area contributed by atoms with E-state index in [-0.39, 0.29) is 5.78 Å². The standard InChI is InChI=1S/C13H15BrO3/c1-3-11(13(16)17-4-2)12(15)9-6-5-7-10(14)8-9/h5-8,11H,3-4H2,1-2H3. The Morgan fingerprint density at radius 1 is 1.35 bits per heavy atom. The predicted octanol–water partition coefficient (Wildman–Crippen LogP) is 3.22. The lowest BCUT2D eigenvalue weighted by atomic mass is 9.95. The van der Waals surface area contributed by atoms with E-state index in [0.717, 1.165) is 4.47 Å². The van der Waals surface area contributed by atoms with Crippen molar-refractivity contribution in [2.75, 3.05) is 6.61 Å².